The molecule has 152 valence electrons. The molecule has 0 saturated heterocycles. The molecule has 0 radical (unpaired) electrons. The number of ether oxygens (including phenoxy) is 1. The molecule has 7 nitrogen and oxygen atoms in total. The minimum Gasteiger partial charge on any atom is -0.491 e. The molecule has 0 aliphatic heterocycles. The van der Waals surface area contributed by atoms with E-state index in [-0.39, 0.29) is 18.1 Å². The number of fused-ring (bicyclic) bond motifs is 1. The number of rotatable bonds is 7. The summed E-state index contributed by atoms with van der Waals surface area (Å²) in [5.74, 6) is 0.388. The Bertz CT molecular complexity index is 1070. The summed E-state index contributed by atoms with van der Waals surface area (Å²) in [6.45, 7) is 5.45. The second kappa shape index (κ2) is 8.79. The smallest absolute Gasteiger partial charge is 0.339 e. The van der Waals surface area contributed by atoms with Gasteiger partial charge in [-0.2, -0.15) is 0 Å². The molecule has 7 heteroatoms. The zero-order valence-corrected chi connectivity index (χ0v) is 16.6. The molecule has 0 aliphatic carbocycles. The highest BCUT2D eigenvalue weighted by atomic mass is 16.5. The van der Waals surface area contributed by atoms with Crippen molar-refractivity contribution in [1.82, 2.24) is 0 Å². The van der Waals surface area contributed by atoms with Crippen LogP contribution < -0.4 is 21.0 Å². The molecule has 3 aromatic rings. The van der Waals surface area contributed by atoms with Gasteiger partial charge in [-0.3, -0.25) is 4.79 Å². The molecule has 3 N–H and O–H groups in total. The maximum Gasteiger partial charge on any atom is 0.339 e. The summed E-state index contributed by atoms with van der Waals surface area (Å²) in [7, 11) is 0. The largest absolute Gasteiger partial charge is 0.491 e. The topological polar surface area (TPSA) is 101 Å². The average molecular weight is 396 g/mol. The molecule has 0 saturated carbocycles. The fraction of sp³-hybridized carbons (Fsp3) is 0.273. The fourth-order valence-corrected chi connectivity index (χ4v) is 2.88. The summed E-state index contributed by atoms with van der Waals surface area (Å²) in [6.07, 6.45) is -0.743. The number of amides is 1. The predicted molar refractivity (Wildman–Crippen MR) is 113 cm³/mol. The predicted octanol–water partition coefficient (Wildman–Crippen LogP) is 3.22. The van der Waals surface area contributed by atoms with Gasteiger partial charge in [-0.05, 0) is 55.8 Å². The molecular weight excluding hydrogens is 372 g/mol. The number of aliphatic hydroxyl groups excluding tert-OH is 1. The van der Waals surface area contributed by atoms with Gasteiger partial charge in [-0.15, -0.1) is 0 Å². The third-order valence-corrected chi connectivity index (χ3v) is 4.62. The van der Waals surface area contributed by atoms with E-state index in [2.05, 4.69) is 10.6 Å². The van der Waals surface area contributed by atoms with Gasteiger partial charge in [-0.25, -0.2) is 4.79 Å². The Morgan fingerprint density at radius 2 is 1.79 bits per heavy atom. The molecule has 0 unspecified atom stereocenters. The average Bonchev–Trinajstić information content (AvgIpc) is 2.69. The lowest BCUT2D eigenvalue weighted by Gasteiger charge is -2.15. The number of aliphatic hydroxyl groups is 1. The number of benzene rings is 2. The molecule has 0 aliphatic rings. The van der Waals surface area contributed by atoms with E-state index in [1.165, 1.54) is 6.92 Å². The lowest BCUT2D eigenvalue weighted by Crippen LogP contribution is -2.26. The van der Waals surface area contributed by atoms with Crippen LogP contribution >= 0.6 is 0 Å². The summed E-state index contributed by atoms with van der Waals surface area (Å²) < 4.78 is 11.0. The van der Waals surface area contributed by atoms with E-state index >= 15 is 0 Å². The first-order valence-electron chi connectivity index (χ1n) is 9.30. The number of aryl methyl sites for hydroxylation is 1. The number of anilines is 2. The van der Waals surface area contributed by atoms with Crippen LogP contribution in [0.4, 0.5) is 11.4 Å². The highest BCUT2D eigenvalue weighted by Crippen LogP contribution is 2.24. The van der Waals surface area contributed by atoms with Gasteiger partial charge < -0.3 is 24.9 Å². The Morgan fingerprint density at radius 3 is 2.48 bits per heavy atom. The van der Waals surface area contributed by atoms with Crippen LogP contribution in [0.2, 0.25) is 0 Å². The van der Waals surface area contributed by atoms with Gasteiger partial charge in [0.15, 0.2) is 0 Å². The normalized spacial score (nSPS) is 11.9. The molecule has 1 heterocycles. The van der Waals surface area contributed by atoms with Crippen molar-refractivity contribution >= 4 is 28.3 Å². The van der Waals surface area contributed by atoms with Gasteiger partial charge in [0.2, 0.25) is 5.91 Å². The van der Waals surface area contributed by atoms with Crippen LogP contribution in [0.15, 0.2) is 51.7 Å². The van der Waals surface area contributed by atoms with Crippen molar-refractivity contribution < 1.29 is 19.1 Å². The van der Waals surface area contributed by atoms with E-state index in [4.69, 9.17) is 9.15 Å². The highest BCUT2D eigenvalue weighted by molar-refractivity contribution is 5.88. The quantitative estimate of drug-likeness (QED) is 0.530. The van der Waals surface area contributed by atoms with Crippen LogP contribution in [-0.2, 0) is 4.79 Å². The molecular formula is C22H24N2O5. The van der Waals surface area contributed by atoms with Gasteiger partial charge in [-0.1, -0.05) is 0 Å². The summed E-state index contributed by atoms with van der Waals surface area (Å²) in [5, 5.41) is 16.8. The third-order valence-electron chi connectivity index (χ3n) is 4.62. The molecule has 1 amide bonds. The second-order valence-electron chi connectivity index (χ2n) is 6.90. The Morgan fingerprint density at radius 1 is 1.10 bits per heavy atom. The van der Waals surface area contributed by atoms with Crippen molar-refractivity contribution in [2.45, 2.75) is 26.9 Å². The van der Waals surface area contributed by atoms with Crippen molar-refractivity contribution in [1.29, 1.82) is 0 Å². The molecule has 1 atom stereocenters. The summed E-state index contributed by atoms with van der Waals surface area (Å²) >= 11 is 0. The lowest BCUT2D eigenvalue weighted by molar-refractivity contribution is -0.114. The Balaban J connectivity index is 1.55. The molecule has 3 rings (SSSR count). The van der Waals surface area contributed by atoms with Crippen molar-refractivity contribution in [2.75, 3.05) is 23.8 Å². The first-order valence-corrected chi connectivity index (χ1v) is 9.30. The lowest BCUT2D eigenvalue weighted by atomic mass is 10.1. The van der Waals surface area contributed by atoms with E-state index in [1.54, 1.807) is 31.2 Å². The molecule has 29 heavy (non-hydrogen) atoms. The van der Waals surface area contributed by atoms with E-state index < -0.39 is 6.10 Å². The molecule has 2 aromatic carbocycles. The number of carbonyl (C=O) groups is 1. The summed E-state index contributed by atoms with van der Waals surface area (Å²) in [6, 6.07) is 12.5. The second-order valence-corrected chi connectivity index (χ2v) is 6.90. The molecule has 0 spiro atoms. The number of hydrogen-bond donors (Lipinski definition) is 3. The first-order chi connectivity index (χ1) is 13.8. The summed E-state index contributed by atoms with van der Waals surface area (Å²) in [5.41, 5.74) is 3.11. The monoisotopic (exact) mass is 396 g/mol. The molecule has 0 bridgehead atoms. The Labute approximate surface area is 168 Å². The molecule has 1 aromatic heterocycles. The van der Waals surface area contributed by atoms with Gasteiger partial charge >= 0.3 is 5.63 Å². The van der Waals surface area contributed by atoms with E-state index in [1.807, 2.05) is 25.1 Å². The summed E-state index contributed by atoms with van der Waals surface area (Å²) in [4.78, 5) is 22.9. The van der Waals surface area contributed by atoms with Crippen molar-refractivity contribution in [2.24, 2.45) is 0 Å². The zero-order valence-electron chi connectivity index (χ0n) is 16.6. The minimum absolute atomic E-state index is 0.0809. The van der Waals surface area contributed by atoms with Gasteiger partial charge in [0.05, 0.1) is 0 Å². The maximum atomic E-state index is 11.8. The van der Waals surface area contributed by atoms with E-state index in [0.717, 1.165) is 16.6 Å². The SMILES string of the molecule is CC(=O)Nc1ccc(NC[C@H](O)COc2ccc3c(C)c(C)c(=O)oc3c2)cc1. The van der Waals surface area contributed by atoms with Crippen molar-refractivity contribution in [3.05, 3.63) is 64.0 Å². The Kier molecular flexibility index (Phi) is 6.19. The maximum absolute atomic E-state index is 11.8. The van der Waals surface area contributed by atoms with Gasteiger partial charge in [0.25, 0.3) is 0 Å². The number of nitrogens with one attached hydrogen (secondary N) is 2. The fourth-order valence-electron chi connectivity index (χ4n) is 2.88. The minimum atomic E-state index is -0.743. The highest BCUT2D eigenvalue weighted by Gasteiger charge is 2.10. The number of hydrogen-bond acceptors (Lipinski definition) is 6. The Hall–Kier alpha value is -3.32. The van der Waals surface area contributed by atoms with Crippen LogP contribution in [0.1, 0.15) is 18.1 Å². The standard InChI is InChI=1S/C22H24N2O5/c1-13-14(2)22(27)29-21-10-19(8-9-20(13)21)28-12-18(26)11-23-16-4-6-17(7-5-16)24-15(3)25/h4-10,18,23,26H,11-12H2,1-3H3,(H,24,25)/t18-/m0/s1. The van der Waals surface area contributed by atoms with Crippen LogP contribution in [0.25, 0.3) is 11.0 Å². The van der Waals surface area contributed by atoms with E-state index in [0.29, 0.717) is 29.1 Å². The van der Waals surface area contributed by atoms with Crippen LogP contribution in [0.3, 0.4) is 0 Å². The van der Waals surface area contributed by atoms with Gasteiger partial charge in [0, 0.05) is 41.9 Å². The molecule has 0 fully saturated rings. The van der Waals surface area contributed by atoms with E-state index in [9.17, 15) is 14.7 Å². The van der Waals surface area contributed by atoms with Crippen LogP contribution in [0.5, 0.6) is 5.75 Å². The van der Waals surface area contributed by atoms with Gasteiger partial charge in [0.1, 0.15) is 24.0 Å². The van der Waals surface area contributed by atoms with Crippen LogP contribution in [-0.4, -0.2) is 30.3 Å². The first kappa shape index (κ1) is 20.4. The zero-order chi connectivity index (χ0) is 21.0. The number of carbonyl (C=O) groups excluding carboxylic acids is 1. The van der Waals surface area contributed by atoms with Crippen LogP contribution in [0, 0.1) is 13.8 Å². The third kappa shape index (κ3) is 5.14. The van der Waals surface area contributed by atoms with Crippen molar-refractivity contribution in [3.63, 3.8) is 0 Å². The van der Waals surface area contributed by atoms with Crippen molar-refractivity contribution in [3.8, 4) is 5.75 Å².